The van der Waals surface area contributed by atoms with E-state index in [0.29, 0.717) is 4.91 Å². The molecule has 0 radical (unpaired) electrons. The van der Waals surface area contributed by atoms with E-state index in [4.69, 9.17) is 0 Å². The Morgan fingerprint density at radius 2 is 2.12 bits per heavy atom. The number of hydrogen-bond acceptors (Lipinski definition) is 3. The molecule has 1 aromatic heterocycles. The first-order valence-corrected chi connectivity index (χ1v) is 9.96. The number of nitrogens with one attached hydrogen (secondary N) is 1. The highest BCUT2D eigenvalue weighted by molar-refractivity contribution is 8.03. The van der Waals surface area contributed by atoms with Gasteiger partial charge in [0, 0.05) is 15.5 Å². The molecule has 2 nitrogen and oxygen atoms in total. The van der Waals surface area contributed by atoms with E-state index >= 15 is 0 Å². The van der Waals surface area contributed by atoms with Crippen LogP contribution in [0, 0.1) is 11.7 Å². The Morgan fingerprint density at radius 3 is 2.96 bits per heavy atom. The lowest BCUT2D eigenvalue weighted by Gasteiger charge is -2.20. The first kappa shape index (κ1) is 15.9. The maximum Gasteiger partial charge on any atom is 0.262 e. The molecule has 0 saturated heterocycles. The second kappa shape index (κ2) is 6.37. The van der Waals surface area contributed by atoms with E-state index in [-0.39, 0.29) is 11.6 Å². The summed E-state index contributed by atoms with van der Waals surface area (Å²) >= 11 is 3.38. The Labute approximate surface area is 149 Å². The molecule has 4 rings (SSSR count). The minimum Gasteiger partial charge on any atom is -0.319 e. The number of amides is 1. The van der Waals surface area contributed by atoms with Crippen molar-refractivity contribution in [2.24, 2.45) is 5.92 Å². The van der Waals surface area contributed by atoms with Gasteiger partial charge >= 0.3 is 0 Å². The number of thioether (sulfide) groups is 1. The number of fused-ring (bicyclic) bond motifs is 3. The average Bonchev–Trinajstić information content (AvgIpc) is 2.93. The van der Waals surface area contributed by atoms with E-state index in [1.165, 1.54) is 33.4 Å². The topological polar surface area (TPSA) is 29.1 Å². The maximum absolute atomic E-state index is 13.7. The lowest BCUT2D eigenvalue weighted by atomic mass is 9.88. The van der Waals surface area contributed by atoms with Crippen LogP contribution in [0.15, 0.2) is 29.2 Å². The lowest BCUT2D eigenvalue weighted by Crippen LogP contribution is -2.15. The zero-order chi connectivity index (χ0) is 16.7. The van der Waals surface area contributed by atoms with Gasteiger partial charge in [0.1, 0.15) is 5.82 Å². The fourth-order valence-electron chi connectivity index (χ4n) is 3.30. The maximum atomic E-state index is 13.7. The van der Waals surface area contributed by atoms with Crippen LogP contribution < -0.4 is 5.32 Å². The van der Waals surface area contributed by atoms with Crippen molar-refractivity contribution < 1.29 is 9.18 Å². The van der Waals surface area contributed by atoms with Gasteiger partial charge in [-0.3, -0.25) is 4.79 Å². The second-order valence-electron chi connectivity index (χ2n) is 6.43. The number of benzene rings is 1. The van der Waals surface area contributed by atoms with Gasteiger partial charge in [-0.2, -0.15) is 0 Å². The molecule has 124 valence electrons. The molecule has 2 aliphatic rings. The summed E-state index contributed by atoms with van der Waals surface area (Å²) < 4.78 is 13.7. The molecule has 1 N–H and O–H groups in total. The molecule has 0 spiro atoms. The first-order chi connectivity index (χ1) is 11.6. The SMILES string of the molecule is CC1CCc2c(sc3c2CSC(C(=O)Nc2ccccc2F)=C3)C1. The summed E-state index contributed by atoms with van der Waals surface area (Å²) in [6.07, 6.45) is 5.55. The summed E-state index contributed by atoms with van der Waals surface area (Å²) in [5.41, 5.74) is 3.16. The largest absolute Gasteiger partial charge is 0.319 e. The van der Waals surface area contributed by atoms with Crippen molar-refractivity contribution in [2.45, 2.75) is 31.9 Å². The minimum atomic E-state index is -0.409. The Morgan fingerprint density at radius 1 is 1.29 bits per heavy atom. The molecule has 2 heterocycles. The van der Waals surface area contributed by atoms with Crippen LogP contribution in [0.2, 0.25) is 0 Å². The van der Waals surface area contributed by atoms with E-state index in [0.717, 1.165) is 24.5 Å². The normalized spacial score (nSPS) is 19.2. The summed E-state index contributed by atoms with van der Waals surface area (Å²) in [7, 11) is 0. The number of carbonyl (C=O) groups excluding carboxylic acids is 1. The molecule has 1 amide bonds. The van der Waals surface area contributed by atoms with Crippen LogP contribution in [-0.2, 0) is 23.4 Å². The fraction of sp³-hybridized carbons (Fsp3) is 0.316. The Balaban J connectivity index is 1.59. The minimum absolute atomic E-state index is 0.226. The van der Waals surface area contributed by atoms with Crippen LogP contribution in [0.1, 0.15) is 34.2 Å². The van der Waals surface area contributed by atoms with Gasteiger partial charge < -0.3 is 5.32 Å². The third-order valence-electron chi connectivity index (χ3n) is 4.63. The van der Waals surface area contributed by atoms with Crippen LogP contribution in [-0.4, -0.2) is 5.91 Å². The molecule has 24 heavy (non-hydrogen) atoms. The smallest absolute Gasteiger partial charge is 0.262 e. The number of para-hydroxylation sites is 1. The molecule has 0 fully saturated rings. The monoisotopic (exact) mass is 359 g/mol. The summed E-state index contributed by atoms with van der Waals surface area (Å²) in [6.45, 7) is 2.31. The Kier molecular flexibility index (Phi) is 4.22. The fourth-order valence-corrected chi connectivity index (χ4v) is 5.96. The van der Waals surface area contributed by atoms with Gasteiger partial charge in [-0.05, 0) is 54.5 Å². The summed E-state index contributed by atoms with van der Waals surface area (Å²) in [4.78, 5) is 15.8. The zero-order valence-corrected chi connectivity index (χ0v) is 15.0. The molecular weight excluding hydrogens is 341 g/mol. The first-order valence-electron chi connectivity index (χ1n) is 8.15. The number of rotatable bonds is 2. The number of halogens is 1. The van der Waals surface area contributed by atoms with Crippen molar-refractivity contribution in [1.82, 2.24) is 0 Å². The molecule has 1 aliphatic carbocycles. The summed E-state index contributed by atoms with van der Waals surface area (Å²) in [5, 5.41) is 2.68. The predicted molar refractivity (Wildman–Crippen MR) is 99.8 cm³/mol. The van der Waals surface area contributed by atoms with Crippen molar-refractivity contribution in [3.05, 3.63) is 55.9 Å². The van der Waals surface area contributed by atoms with E-state index in [2.05, 4.69) is 12.2 Å². The third kappa shape index (κ3) is 2.91. The van der Waals surface area contributed by atoms with Gasteiger partial charge in [0.2, 0.25) is 0 Å². The van der Waals surface area contributed by atoms with E-state index in [1.54, 1.807) is 30.0 Å². The molecule has 2 aromatic rings. The van der Waals surface area contributed by atoms with Crippen molar-refractivity contribution in [3.63, 3.8) is 0 Å². The molecule has 1 unspecified atom stereocenters. The second-order valence-corrected chi connectivity index (χ2v) is 8.58. The highest BCUT2D eigenvalue weighted by Gasteiger charge is 2.27. The van der Waals surface area contributed by atoms with Gasteiger partial charge in [0.05, 0.1) is 10.6 Å². The van der Waals surface area contributed by atoms with Gasteiger partial charge in [-0.15, -0.1) is 23.1 Å². The molecule has 0 saturated carbocycles. The summed E-state index contributed by atoms with van der Waals surface area (Å²) in [6, 6.07) is 6.26. The highest BCUT2D eigenvalue weighted by Crippen LogP contribution is 2.43. The van der Waals surface area contributed by atoms with E-state index in [9.17, 15) is 9.18 Å². The number of hydrogen-bond donors (Lipinski definition) is 1. The average molecular weight is 359 g/mol. The van der Waals surface area contributed by atoms with Crippen LogP contribution in [0.3, 0.4) is 0 Å². The Bertz CT molecular complexity index is 840. The van der Waals surface area contributed by atoms with Gasteiger partial charge in [0.15, 0.2) is 0 Å². The van der Waals surface area contributed by atoms with Gasteiger partial charge in [0.25, 0.3) is 5.91 Å². The van der Waals surface area contributed by atoms with Crippen molar-refractivity contribution >= 4 is 40.8 Å². The van der Waals surface area contributed by atoms with Crippen LogP contribution in [0.4, 0.5) is 10.1 Å². The number of thiophene rings is 1. The predicted octanol–water partition coefficient (Wildman–Crippen LogP) is 5.24. The molecule has 0 bridgehead atoms. The lowest BCUT2D eigenvalue weighted by molar-refractivity contribution is -0.112. The van der Waals surface area contributed by atoms with E-state index < -0.39 is 5.82 Å². The molecule has 1 aliphatic heterocycles. The van der Waals surface area contributed by atoms with Crippen LogP contribution >= 0.6 is 23.1 Å². The standard InChI is InChI=1S/C19H18FNOS2/c1-11-6-7-12-13-10-23-18(9-17(13)24-16(12)8-11)19(22)21-15-5-3-2-4-14(15)20/h2-5,9,11H,6-8,10H2,1H3,(H,21,22). The molecular formula is C19H18FNOS2. The Hall–Kier alpha value is -1.59. The van der Waals surface area contributed by atoms with Gasteiger partial charge in [-0.25, -0.2) is 4.39 Å². The molecule has 5 heteroatoms. The number of carbonyl (C=O) groups is 1. The highest BCUT2D eigenvalue weighted by atomic mass is 32.2. The third-order valence-corrected chi connectivity index (χ3v) is 6.92. The number of anilines is 1. The summed E-state index contributed by atoms with van der Waals surface area (Å²) in [5.74, 6) is 0.952. The van der Waals surface area contributed by atoms with Crippen molar-refractivity contribution in [2.75, 3.05) is 5.32 Å². The quantitative estimate of drug-likeness (QED) is 0.794. The van der Waals surface area contributed by atoms with Crippen LogP contribution in [0.5, 0.6) is 0 Å². The van der Waals surface area contributed by atoms with E-state index in [1.807, 2.05) is 17.4 Å². The molecule has 1 atom stereocenters. The zero-order valence-electron chi connectivity index (χ0n) is 13.4. The molecule has 1 aromatic carbocycles. The van der Waals surface area contributed by atoms with Crippen LogP contribution in [0.25, 0.3) is 6.08 Å². The van der Waals surface area contributed by atoms with Crippen molar-refractivity contribution in [1.29, 1.82) is 0 Å². The van der Waals surface area contributed by atoms with Gasteiger partial charge in [-0.1, -0.05) is 19.1 Å². The van der Waals surface area contributed by atoms with Crippen molar-refractivity contribution in [3.8, 4) is 0 Å².